The fraction of sp³-hybridized carbons (Fsp3) is 0.500. The van der Waals surface area contributed by atoms with Crippen molar-refractivity contribution in [2.45, 2.75) is 19.1 Å². The lowest BCUT2D eigenvalue weighted by Gasteiger charge is -2.10. The maximum absolute atomic E-state index is 11.1. The minimum absolute atomic E-state index is 0.0592. The number of fused-ring (bicyclic) bond motifs is 1. The zero-order valence-electron chi connectivity index (χ0n) is 9.01. The number of hydrogen-bond acceptors (Lipinski definition) is 5. The van der Waals surface area contributed by atoms with E-state index < -0.39 is 5.91 Å². The van der Waals surface area contributed by atoms with Crippen molar-refractivity contribution in [2.75, 3.05) is 5.75 Å². The first kappa shape index (κ1) is 11.7. The molecular formula is C10H12N2O2S2. The van der Waals surface area contributed by atoms with Crippen molar-refractivity contribution in [3.8, 4) is 0 Å². The van der Waals surface area contributed by atoms with Gasteiger partial charge in [-0.3, -0.25) is 4.79 Å². The second-order valence-corrected chi connectivity index (χ2v) is 6.32. The molecule has 1 amide bonds. The normalized spacial score (nSPS) is 24.1. The summed E-state index contributed by atoms with van der Waals surface area (Å²) in [4.78, 5) is 19.1. The van der Waals surface area contributed by atoms with Crippen LogP contribution in [0.3, 0.4) is 0 Å². The highest BCUT2D eigenvalue weighted by Crippen LogP contribution is 2.35. The largest absolute Gasteiger partial charge is 0.510 e. The Kier molecular flexibility index (Phi) is 3.39. The molecule has 0 fully saturated rings. The third kappa shape index (κ3) is 2.49. The summed E-state index contributed by atoms with van der Waals surface area (Å²) in [5.74, 6) is 1.63. The molecule has 1 N–H and O–H groups in total. The summed E-state index contributed by atoms with van der Waals surface area (Å²) in [6.45, 7) is 4.28. The van der Waals surface area contributed by atoms with Crippen molar-refractivity contribution in [1.82, 2.24) is 0 Å². The molecule has 0 aromatic carbocycles. The molecule has 1 atom stereocenters. The number of carbonyl (C=O) groups is 1. The van der Waals surface area contributed by atoms with E-state index in [9.17, 15) is 9.90 Å². The van der Waals surface area contributed by atoms with Gasteiger partial charge in [-0.05, 0) is 5.92 Å². The van der Waals surface area contributed by atoms with E-state index in [1.807, 2.05) is 0 Å². The fourth-order valence-electron chi connectivity index (χ4n) is 1.26. The highest BCUT2D eigenvalue weighted by molar-refractivity contribution is 8.39. The van der Waals surface area contributed by atoms with Crippen LogP contribution in [0.25, 0.3) is 0 Å². The molecule has 0 spiro atoms. The van der Waals surface area contributed by atoms with Crippen LogP contribution in [0.1, 0.15) is 13.8 Å². The number of aliphatic imine (C=N–C) groups is 2. The van der Waals surface area contributed by atoms with Crippen molar-refractivity contribution in [2.24, 2.45) is 15.9 Å². The lowest BCUT2D eigenvalue weighted by atomic mass is 10.2. The predicted molar refractivity (Wildman–Crippen MR) is 69.3 cm³/mol. The minimum atomic E-state index is -0.428. The molecule has 2 aliphatic heterocycles. The fourth-order valence-corrected chi connectivity index (χ4v) is 3.41. The van der Waals surface area contributed by atoms with Crippen molar-refractivity contribution in [3.63, 3.8) is 0 Å². The summed E-state index contributed by atoms with van der Waals surface area (Å²) in [7, 11) is 0. The standard InChI is InChI=1S/C10H12N2O2S2/c1-5(2)4-15-10-12-9-8(16-10)6(13)3-7(14)11-9/h3,5,8,13H,4H2,1-2H3. The van der Waals surface area contributed by atoms with Gasteiger partial charge in [-0.1, -0.05) is 37.4 Å². The molecule has 0 aliphatic carbocycles. The van der Waals surface area contributed by atoms with Crippen molar-refractivity contribution in [3.05, 3.63) is 11.8 Å². The van der Waals surface area contributed by atoms with Crippen LogP contribution >= 0.6 is 23.5 Å². The Morgan fingerprint density at radius 3 is 3.00 bits per heavy atom. The van der Waals surface area contributed by atoms with Crippen molar-refractivity contribution >= 4 is 39.6 Å². The number of nitrogens with zero attached hydrogens (tertiary/aromatic N) is 2. The van der Waals surface area contributed by atoms with Gasteiger partial charge in [-0.15, -0.1) is 0 Å². The van der Waals surface area contributed by atoms with Crippen LogP contribution in [-0.4, -0.2) is 32.2 Å². The zero-order chi connectivity index (χ0) is 11.7. The summed E-state index contributed by atoms with van der Waals surface area (Å²) in [5, 5.41) is 9.33. The SMILES string of the molecule is CC(C)CSC1=NC2=NC(=O)C=C(O)C2S1. The van der Waals surface area contributed by atoms with E-state index in [-0.39, 0.29) is 11.0 Å². The van der Waals surface area contributed by atoms with Crippen LogP contribution in [0, 0.1) is 5.92 Å². The van der Waals surface area contributed by atoms with Gasteiger partial charge >= 0.3 is 0 Å². The summed E-state index contributed by atoms with van der Waals surface area (Å²) < 4.78 is 0.882. The lowest BCUT2D eigenvalue weighted by Crippen LogP contribution is -2.20. The molecular weight excluding hydrogens is 244 g/mol. The maximum atomic E-state index is 11.1. The van der Waals surface area contributed by atoms with Crippen LogP contribution in [0.5, 0.6) is 0 Å². The summed E-state index contributed by atoms with van der Waals surface area (Å²) in [6.07, 6.45) is 1.16. The number of thioether (sulfide) groups is 2. The van der Waals surface area contributed by atoms with Gasteiger partial charge in [0.05, 0.1) is 0 Å². The topological polar surface area (TPSA) is 62.0 Å². The molecule has 0 saturated carbocycles. The van der Waals surface area contributed by atoms with E-state index in [4.69, 9.17) is 0 Å². The van der Waals surface area contributed by atoms with E-state index in [2.05, 4.69) is 23.8 Å². The summed E-state index contributed by atoms with van der Waals surface area (Å²) >= 11 is 3.10. The lowest BCUT2D eigenvalue weighted by molar-refractivity contribution is -0.113. The van der Waals surface area contributed by atoms with Gasteiger partial charge in [0.25, 0.3) is 5.91 Å². The first-order chi connectivity index (χ1) is 7.56. The van der Waals surface area contributed by atoms with E-state index in [1.54, 1.807) is 11.8 Å². The smallest absolute Gasteiger partial charge is 0.274 e. The molecule has 2 heterocycles. The second-order valence-electron chi connectivity index (χ2n) is 3.96. The number of amidine groups is 1. The average Bonchev–Trinajstić information content (AvgIpc) is 2.57. The predicted octanol–water partition coefficient (Wildman–Crippen LogP) is 2.23. The van der Waals surface area contributed by atoms with E-state index in [0.29, 0.717) is 11.8 Å². The number of dihydropyridines is 1. The second kappa shape index (κ2) is 4.63. The molecule has 0 aromatic heterocycles. The quantitative estimate of drug-likeness (QED) is 0.823. The molecule has 4 nitrogen and oxygen atoms in total. The minimum Gasteiger partial charge on any atom is -0.510 e. The van der Waals surface area contributed by atoms with E-state index >= 15 is 0 Å². The van der Waals surface area contributed by atoms with Crippen LogP contribution in [-0.2, 0) is 4.79 Å². The molecule has 0 aromatic rings. The van der Waals surface area contributed by atoms with E-state index in [0.717, 1.165) is 16.2 Å². The molecule has 0 radical (unpaired) electrons. The van der Waals surface area contributed by atoms with Gasteiger partial charge in [0, 0.05) is 11.8 Å². The molecule has 1 unspecified atom stereocenters. The zero-order valence-corrected chi connectivity index (χ0v) is 10.6. The Morgan fingerprint density at radius 2 is 2.31 bits per heavy atom. The van der Waals surface area contributed by atoms with Gasteiger partial charge in [0.1, 0.15) is 15.4 Å². The maximum Gasteiger partial charge on any atom is 0.274 e. The number of rotatable bonds is 2. The first-order valence-electron chi connectivity index (χ1n) is 4.97. The molecule has 0 saturated heterocycles. The Morgan fingerprint density at radius 1 is 1.56 bits per heavy atom. The number of amides is 1. The van der Waals surface area contributed by atoms with E-state index in [1.165, 1.54) is 11.8 Å². The van der Waals surface area contributed by atoms with Gasteiger partial charge in [-0.2, -0.15) is 4.99 Å². The Hall–Kier alpha value is -0.750. The number of aliphatic hydroxyl groups excluding tert-OH is 1. The van der Waals surface area contributed by atoms with Gasteiger partial charge in [0.2, 0.25) is 0 Å². The third-order valence-corrected chi connectivity index (χ3v) is 4.76. The van der Waals surface area contributed by atoms with Gasteiger partial charge in [-0.25, -0.2) is 4.99 Å². The first-order valence-corrected chi connectivity index (χ1v) is 6.84. The monoisotopic (exact) mass is 256 g/mol. The molecule has 2 aliphatic rings. The van der Waals surface area contributed by atoms with Gasteiger partial charge in [0.15, 0.2) is 5.84 Å². The number of carbonyl (C=O) groups excluding carboxylic acids is 1. The number of aliphatic hydroxyl groups is 1. The summed E-state index contributed by atoms with van der Waals surface area (Å²) in [5.41, 5.74) is 0. The Balaban J connectivity index is 2.07. The molecule has 16 heavy (non-hydrogen) atoms. The Bertz CT molecular complexity index is 413. The molecule has 0 bridgehead atoms. The van der Waals surface area contributed by atoms with Crippen LogP contribution < -0.4 is 0 Å². The molecule has 2 rings (SSSR count). The highest BCUT2D eigenvalue weighted by Gasteiger charge is 2.33. The number of hydrogen-bond donors (Lipinski definition) is 1. The Labute approximate surface area is 102 Å². The van der Waals surface area contributed by atoms with Gasteiger partial charge < -0.3 is 5.11 Å². The van der Waals surface area contributed by atoms with Crippen LogP contribution in [0.15, 0.2) is 21.8 Å². The van der Waals surface area contributed by atoms with Crippen LogP contribution in [0.2, 0.25) is 0 Å². The van der Waals surface area contributed by atoms with Crippen LogP contribution in [0.4, 0.5) is 0 Å². The van der Waals surface area contributed by atoms with Crippen molar-refractivity contribution in [1.29, 1.82) is 0 Å². The highest BCUT2D eigenvalue weighted by atomic mass is 32.2. The third-order valence-electron chi connectivity index (χ3n) is 1.96. The molecule has 86 valence electrons. The van der Waals surface area contributed by atoms with Crippen molar-refractivity contribution < 1.29 is 9.90 Å². The molecule has 6 heteroatoms. The average molecular weight is 256 g/mol. The summed E-state index contributed by atoms with van der Waals surface area (Å²) in [6, 6.07) is 0.